The van der Waals surface area contributed by atoms with Gasteiger partial charge < -0.3 is 9.73 Å². The van der Waals surface area contributed by atoms with E-state index in [1.165, 1.54) is 6.26 Å². The molecule has 0 radical (unpaired) electrons. The molecule has 0 atom stereocenters. The first-order chi connectivity index (χ1) is 8.22. The molecule has 5 nitrogen and oxygen atoms in total. The van der Waals surface area contributed by atoms with Crippen LogP contribution in [0.3, 0.4) is 0 Å². The second-order valence-electron chi connectivity index (χ2n) is 4.89. The summed E-state index contributed by atoms with van der Waals surface area (Å²) in [5.41, 5.74) is 0. The summed E-state index contributed by atoms with van der Waals surface area (Å²) in [6.45, 7) is 3.30. The second-order valence-corrected chi connectivity index (χ2v) is 7.54. The van der Waals surface area contributed by atoms with Gasteiger partial charge >= 0.3 is 0 Å². The molecular weight excluding hydrogens is 254 g/mol. The Balaban J connectivity index is 2.38. The molecule has 0 spiro atoms. The van der Waals surface area contributed by atoms with E-state index < -0.39 is 14.6 Å². The predicted molar refractivity (Wildman–Crippen MR) is 69.0 cm³/mol. The Bertz CT molecular complexity index is 488. The average molecular weight is 273 g/mol. The van der Waals surface area contributed by atoms with Crippen molar-refractivity contribution in [3.8, 4) is 0 Å². The van der Waals surface area contributed by atoms with Crippen molar-refractivity contribution in [1.29, 1.82) is 0 Å². The summed E-state index contributed by atoms with van der Waals surface area (Å²) in [6.07, 6.45) is 3.52. The fourth-order valence-corrected chi connectivity index (χ4v) is 1.56. The van der Waals surface area contributed by atoms with Gasteiger partial charge in [-0.1, -0.05) is 0 Å². The molecule has 0 saturated carbocycles. The molecule has 0 fully saturated rings. The molecule has 1 heterocycles. The van der Waals surface area contributed by atoms with Crippen LogP contribution in [0, 0.1) is 0 Å². The molecule has 1 aromatic rings. The fraction of sp³-hybridized carbons (Fsp3) is 0.583. The molecule has 1 rings (SSSR count). The lowest BCUT2D eigenvalue weighted by molar-refractivity contribution is -0.121. The van der Waals surface area contributed by atoms with Gasteiger partial charge in [-0.3, -0.25) is 4.79 Å². The van der Waals surface area contributed by atoms with Crippen LogP contribution in [0.25, 0.3) is 0 Å². The van der Waals surface area contributed by atoms with Crippen molar-refractivity contribution in [2.75, 3.05) is 12.8 Å². The number of carbonyl (C=O) groups is 1. The van der Waals surface area contributed by atoms with Gasteiger partial charge in [0.2, 0.25) is 5.91 Å². The monoisotopic (exact) mass is 273 g/mol. The van der Waals surface area contributed by atoms with Crippen LogP contribution in [-0.2, 0) is 21.1 Å². The van der Waals surface area contributed by atoms with E-state index in [1.807, 2.05) is 0 Å². The molecule has 0 aliphatic heterocycles. The van der Waals surface area contributed by atoms with Crippen molar-refractivity contribution in [3.05, 3.63) is 24.2 Å². The molecule has 18 heavy (non-hydrogen) atoms. The first kappa shape index (κ1) is 14.8. The Hall–Kier alpha value is -1.30. The zero-order valence-electron chi connectivity index (χ0n) is 10.9. The largest absolute Gasteiger partial charge is 0.469 e. The van der Waals surface area contributed by atoms with Gasteiger partial charge in [-0.25, -0.2) is 8.42 Å². The smallest absolute Gasteiger partial charge is 0.220 e. The minimum absolute atomic E-state index is 0.114. The molecule has 0 saturated heterocycles. The maximum Gasteiger partial charge on any atom is 0.220 e. The summed E-state index contributed by atoms with van der Waals surface area (Å²) in [6, 6.07) is 3.56. The van der Waals surface area contributed by atoms with Crippen LogP contribution in [0.5, 0.6) is 0 Å². The van der Waals surface area contributed by atoms with Crippen LogP contribution in [0.15, 0.2) is 22.8 Å². The molecule has 102 valence electrons. The Labute approximate surface area is 107 Å². The maximum atomic E-state index is 11.6. The van der Waals surface area contributed by atoms with Gasteiger partial charge in [0, 0.05) is 25.6 Å². The van der Waals surface area contributed by atoms with Gasteiger partial charge in [0.05, 0.1) is 11.0 Å². The summed E-state index contributed by atoms with van der Waals surface area (Å²) in [4.78, 5) is 11.6. The quantitative estimate of drug-likeness (QED) is 0.843. The third-order valence-corrected chi connectivity index (χ3v) is 5.05. The van der Waals surface area contributed by atoms with Crippen molar-refractivity contribution in [3.63, 3.8) is 0 Å². The van der Waals surface area contributed by atoms with Gasteiger partial charge in [0.15, 0.2) is 9.84 Å². The van der Waals surface area contributed by atoms with E-state index in [0.717, 1.165) is 5.76 Å². The van der Waals surface area contributed by atoms with E-state index in [2.05, 4.69) is 5.32 Å². The molecule has 0 aliphatic carbocycles. The van der Waals surface area contributed by atoms with Gasteiger partial charge in [0.1, 0.15) is 5.76 Å². The summed E-state index contributed by atoms with van der Waals surface area (Å²) >= 11 is 0. The van der Waals surface area contributed by atoms with Crippen LogP contribution in [0.2, 0.25) is 0 Å². The average Bonchev–Trinajstić information content (AvgIpc) is 2.74. The number of amides is 1. The Morgan fingerprint density at radius 2 is 2.11 bits per heavy atom. The van der Waals surface area contributed by atoms with E-state index in [0.29, 0.717) is 6.42 Å². The van der Waals surface area contributed by atoms with E-state index in [1.54, 1.807) is 32.2 Å². The summed E-state index contributed by atoms with van der Waals surface area (Å²) in [5.74, 6) is 0.565. The minimum Gasteiger partial charge on any atom is -0.469 e. The number of hydrogen-bond acceptors (Lipinski definition) is 4. The molecule has 0 aliphatic rings. The van der Waals surface area contributed by atoms with Crippen LogP contribution in [0.4, 0.5) is 0 Å². The number of carbonyl (C=O) groups excluding carboxylic acids is 1. The third kappa shape index (κ3) is 4.18. The van der Waals surface area contributed by atoms with Crippen LogP contribution in [-0.4, -0.2) is 31.9 Å². The lowest BCUT2D eigenvalue weighted by Gasteiger charge is -2.22. The number of rotatable bonds is 6. The molecule has 0 aromatic carbocycles. The molecule has 0 bridgehead atoms. The SMILES string of the molecule is CC(C)(CNC(=O)CCc1ccco1)S(C)(=O)=O. The first-order valence-electron chi connectivity index (χ1n) is 5.71. The topological polar surface area (TPSA) is 76.4 Å². The minimum atomic E-state index is -3.19. The highest BCUT2D eigenvalue weighted by molar-refractivity contribution is 7.92. The second kappa shape index (κ2) is 5.56. The third-order valence-electron chi connectivity index (χ3n) is 2.89. The van der Waals surface area contributed by atoms with Gasteiger partial charge in [0.25, 0.3) is 0 Å². The lowest BCUT2D eigenvalue weighted by atomic mass is 10.2. The Morgan fingerprint density at radius 3 is 2.61 bits per heavy atom. The van der Waals surface area contributed by atoms with Crippen molar-refractivity contribution in [1.82, 2.24) is 5.32 Å². The zero-order chi connectivity index (χ0) is 13.8. The molecule has 1 N–H and O–H groups in total. The number of nitrogens with one attached hydrogen (secondary N) is 1. The van der Waals surface area contributed by atoms with Crippen LogP contribution < -0.4 is 5.32 Å². The zero-order valence-corrected chi connectivity index (χ0v) is 11.7. The Kier molecular flexibility index (Phi) is 4.56. The first-order valence-corrected chi connectivity index (χ1v) is 7.60. The molecule has 0 unspecified atom stereocenters. The highest BCUT2D eigenvalue weighted by Gasteiger charge is 2.30. The van der Waals surface area contributed by atoms with E-state index in [4.69, 9.17) is 4.42 Å². The van der Waals surface area contributed by atoms with E-state index >= 15 is 0 Å². The van der Waals surface area contributed by atoms with Gasteiger partial charge in [-0.05, 0) is 26.0 Å². The fourth-order valence-electron chi connectivity index (χ4n) is 1.22. The van der Waals surface area contributed by atoms with Crippen molar-refractivity contribution < 1.29 is 17.6 Å². The van der Waals surface area contributed by atoms with E-state index in [-0.39, 0.29) is 18.9 Å². The van der Waals surface area contributed by atoms with Crippen molar-refractivity contribution in [2.45, 2.75) is 31.4 Å². The van der Waals surface area contributed by atoms with Crippen LogP contribution in [0.1, 0.15) is 26.0 Å². The maximum absolute atomic E-state index is 11.6. The lowest BCUT2D eigenvalue weighted by Crippen LogP contribution is -2.43. The van der Waals surface area contributed by atoms with Crippen molar-refractivity contribution >= 4 is 15.7 Å². The molecule has 6 heteroatoms. The molecular formula is C12H19NO4S. The number of aryl methyl sites for hydroxylation is 1. The normalized spacial score (nSPS) is 12.4. The highest BCUT2D eigenvalue weighted by atomic mass is 32.2. The molecule has 1 amide bonds. The number of hydrogen-bond donors (Lipinski definition) is 1. The van der Waals surface area contributed by atoms with Crippen LogP contribution >= 0.6 is 0 Å². The predicted octanol–water partition coefficient (Wildman–Crippen LogP) is 1.15. The highest BCUT2D eigenvalue weighted by Crippen LogP contribution is 2.13. The number of furan rings is 1. The van der Waals surface area contributed by atoms with Crippen molar-refractivity contribution in [2.24, 2.45) is 0 Å². The van der Waals surface area contributed by atoms with Gasteiger partial charge in [-0.2, -0.15) is 0 Å². The summed E-state index contributed by atoms with van der Waals surface area (Å²) < 4.78 is 27.0. The molecule has 1 aromatic heterocycles. The van der Waals surface area contributed by atoms with E-state index in [9.17, 15) is 13.2 Å². The summed E-state index contributed by atoms with van der Waals surface area (Å²) in [7, 11) is -3.19. The summed E-state index contributed by atoms with van der Waals surface area (Å²) in [5, 5.41) is 2.63. The Morgan fingerprint density at radius 1 is 1.44 bits per heavy atom. The van der Waals surface area contributed by atoms with Gasteiger partial charge in [-0.15, -0.1) is 0 Å². The number of sulfone groups is 1. The standard InChI is InChI=1S/C12H19NO4S/c1-12(2,18(3,15)16)9-13-11(14)7-6-10-5-4-8-17-10/h4-5,8H,6-7,9H2,1-3H3,(H,13,14).